The van der Waals surface area contributed by atoms with E-state index in [0.717, 1.165) is 36.5 Å². The lowest BCUT2D eigenvalue weighted by molar-refractivity contribution is 0.532. The molecule has 3 nitrogen and oxygen atoms in total. The van der Waals surface area contributed by atoms with E-state index in [9.17, 15) is 0 Å². The second-order valence-corrected chi connectivity index (χ2v) is 5.40. The zero-order valence-electron chi connectivity index (χ0n) is 11.1. The van der Waals surface area contributed by atoms with Gasteiger partial charge in [0.25, 0.3) is 0 Å². The molecule has 1 aliphatic heterocycles. The largest absolute Gasteiger partial charge is 0.376 e. The summed E-state index contributed by atoms with van der Waals surface area (Å²) >= 11 is 6.32. The fraction of sp³-hybridized carbons (Fsp3) is 0.400. The van der Waals surface area contributed by atoms with Crippen molar-refractivity contribution in [3.8, 4) is 0 Å². The minimum Gasteiger partial charge on any atom is -0.376 e. The summed E-state index contributed by atoms with van der Waals surface area (Å²) in [6.07, 6.45) is 4.97. The summed E-state index contributed by atoms with van der Waals surface area (Å²) in [7, 11) is 0. The maximum Gasteiger partial charge on any atom is 0.0839 e. The van der Waals surface area contributed by atoms with Gasteiger partial charge in [0.15, 0.2) is 0 Å². The Morgan fingerprint density at radius 2 is 2.26 bits per heavy atom. The number of fused-ring (bicyclic) bond motifs is 1. The molecule has 2 heterocycles. The van der Waals surface area contributed by atoms with Gasteiger partial charge in [-0.25, -0.2) is 0 Å². The van der Waals surface area contributed by atoms with Gasteiger partial charge in [0.05, 0.1) is 23.0 Å². The molecule has 0 radical (unpaired) electrons. The molecule has 19 heavy (non-hydrogen) atoms. The van der Waals surface area contributed by atoms with Crippen LogP contribution in [0.15, 0.2) is 30.5 Å². The van der Waals surface area contributed by atoms with Crippen LogP contribution in [0, 0.1) is 0 Å². The van der Waals surface area contributed by atoms with Gasteiger partial charge in [-0.1, -0.05) is 36.7 Å². The molecular weight excluding hydrogens is 258 g/mol. The van der Waals surface area contributed by atoms with Gasteiger partial charge in [-0.05, 0) is 30.9 Å². The predicted octanol–water partition coefficient (Wildman–Crippen LogP) is 4.05. The van der Waals surface area contributed by atoms with Gasteiger partial charge in [-0.3, -0.25) is 4.68 Å². The third-order valence-corrected chi connectivity index (χ3v) is 3.94. The molecule has 1 aliphatic rings. The molecule has 2 aromatic rings. The number of anilines is 1. The van der Waals surface area contributed by atoms with Crippen LogP contribution in [0.25, 0.3) is 0 Å². The van der Waals surface area contributed by atoms with E-state index in [1.54, 1.807) is 6.20 Å². The van der Waals surface area contributed by atoms with Crippen LogP contribution < -0.4 is 5.32 Å². The van der Waals surface area contributed by atoms with E-state index >= 15 is 0 Å². The minimum atomic E-state index is 0.261. The molecule has 0 saturated carbocycles. The highest BCUT2D eigenvalue weighted by atomic mass is 35.5. The van der Waals surface area contributed by atoms with E-state index in [1.807, 2.05) is 4.68 Å². The number of aromatic nitrogens is 2. The first-order valence-electron chi connectivity index (χ1n) is 6.85. The Morgan fingerprint density at radius 1 is 1.42 bits per heavy atom. The Hall–Kier alpha value is -1.48. The topological polar surface area (TPSA) is 29.9 Å². The molecule has 1 unspecified atom stereocenters. The van der Waals surface area contributed by atoms with Gasteiger partial charge in [-0.2, -0.15) is 5.10 Å². The smallest absolute Gasteiger partial charge is 0.0839 e. The van der Waals surface area contributed by atoms with Crippen molar-refractivity contribution in [2.45, 2.75) is 38.8 Å². The van der Waals surface area contributed by atoms with Gasteiger partial charge in [0, 0.05) is 12.2 Å². The molecule has 3 rings (SSSR count). The summed E-state index contributed by atoms with van der Waals surface area (Å²) in [6.45, 7) is 3.07. The average Bonchev–Trinajstić information content (AvgIpc) is 2.80. The normalized spacial score (nSPS) is 17.9. The molecule has 0 fully saturated rings. The fourth-order valence-corrected chi connectivity index (χ4v) is 3.03. The van der Waals surface area contributed by atoms with Crippen LogP contribution in [-0.2, 0) is 13.0 Å². The molecule has 0 aliphatic carbocycles. The number of aryl methyl sites for hydroxylation is 2. The first-order chi connectivity index (χ1) is 9.29. The van der Waals surface area contributed by atoms with Crippen LogP contribution in [-0.4, -0.2) is 9.78 Å². The van der Waals surface area contributed by atoms with Crippen molar-refractivity contribution in [1.29, 1.82) is 0 Å². The standard InChI is InChI=1S/C15H18ClN3/c1-2-9-19-15(12(16)10-17-19)14-8-7-11-5-3-4-6-13(11)18-14/h3-6,10,14,18H,2,7-9H2,1H3. The molecule has 1 aromatic carbocycles. The highest BCUT2D eigenvalue weighted by Crippen LogP contribution is 2.35. The SMILES string of the molecule is CCCn1ncc(Cl)c1C1CCc2ccccc2N1. The van der Waals surface area contributed by atoms with E-state index in [2.05, 4.69) is 41.6 Å². The number of rotatable bonds is 3. The highest BCUT2D eigenvalue weighted by Gasteiger charge is 2.24. The number of hydrogen-bond donors (Lipinski definition) is 1. The van der Waals surface area contributed by atoms with Gasteiger partial charge in [-0.15, -0.1) is 0 Å². The molecule has 0 spiro atoms. The van der Waals surface area contributed by atoms with Crippen LogP contribution in [0.1, 0.15) is 37.1 Å². The molecule has 100 valence electrons. The first-order valence-corrected chi connectivity index (χ1v) is 7.23. The quantitative estimate of drug-likeness (QED) is 0.916. The van der Waals surface area contributed by atoms with Crippen LogP contribution in [0.2, 0.25) is 5.02 Å². The van der Waals surface area contributed by atoms with Crippen molar-refractivity contribution in [2.75, 3.05) is 5.32 Å². The van der Waals surface area contributed by atoms with Crippen LogP contribution in [0.4, 0.5) is 5.69 Å². The highest BCUT2D eigenvalue weighted by molar-refractivity contribution is 6.31. The lowest BCUT2D eigenvalue weighted by Gasteiger charge is -2.28. The lowest BCUT2D eigenvalue weighted by Crippen LogP contribution is -2.21. The minimum absolute atomic E-state index is 0.261. The molecule has 4 heteroatoms. The van der Waals surface area contributed by atoms with E-state index in [1.165, 1.54) is 11.3 Å². The van der Waals surface area contributed by atoms with Crippen LogP contribution in [0.3, 0.4) is 0 Å². The van der Waals surface area contributed by atoms with Crippen molar-refractivity contribution in [2.24, 2.45) is 0 Å². The fourth-order valence-electron chi connectivity index (χ4n) is 2.75. The maximum absolute atomic E-state index is 6.32. The Labute approximate surface area is 118 Å². The number of para-hydroxylation sites is 1. The summed E-state index contributed by atoms with van der Waals surface area (Å²) in [5.41, 5.74) is 3.73. The summed E-state index contributed by atoms with van der Waals surface area (Å²) in [5.74, 6) is 0. The van der Waals surface area contributed by atoms with Gasteiger partial charge in [0.1, 0.15) is 0 Å². The van der Waals surface area contributed by atoms with E-state index < -0.39 is 0 Å². The molecule has 1 aromatic heterocycles. The summed E-state index contributed by atoms with van der Waals surface area (Å²) in [6, 6.07) is 8.74. The van der Waals surface area contributed by atoms with Gasteiger partial charge < -0.3 is 5.32 Å². The Balaban J connectivity index is 1.91. The number of nitrogens with one attached hydrogen (secondary N) is 1. The monoisotopic (exact) mass is 275 g/mol. The van der Waals surface area contributed by atoms with E-state index in [4.69, 9.17) is 11.6 Å². The maximum atomic E-state index is 6.32. The van der Waals surface area contributed by atoms with Crippen molar-refractivity contribution in [3.63, 3.8) is 0 Å². The zero-order chi connectivity index (χ0) is 13.2. The van der Waals surface area contributed by atoms with Crippen LogP contribution >= 0.6 is 11.6 Å². The first kappa shape index (κ1) is 12.5. The number of benzene rings is 1. The molecule has 0 amide bonds. The van der Waals surface area contributed by atoms with Crippen molar-refractivity contribution >= 4 is 17.3 Å². The molecule has 1 N–H and O–H groups in total. The Kier molecular flexibility index (Phi) is 3.47. The zero-order valence-corrected chi connectivity index (χ0v) is 11.8. The molecule has 0 bridgehead atoms. The second-order valence-electron chi connectivity index (χ2n) is 4.99. The number of halogens is 1. The third-order valence-electron chi connectivity index (χ3n) is 3.65. The summed E-state index contributed by atoms with van der Waals surface area (Å²) in [5, 5.41) is 8.74. The van der Waals surface area contributed by atoms with Gasteiger partial charge >= 0.3 is 0 Å². The van der Waals surface area contributed by atoms with Crippen molar-refractivity contribution in [1.82, 2.24) is 9.78 Å². The number of nitrogens with zero attached hydrogens (tertiary/aromatic N) is 2. The summed E-state index contributed by atoms with van der Waals surface area (Å²) < 4.78 is 2.04. The number of hydrogen-bond acceptors (Lipinski definition) is 2. The summed E-state index contributed by atoms with van der Waals surface area (Å²) in [4.78, 5) is 0. The predicted molar refractivity (Wildman–Crippen MR) is 78.7 cm³/mol. The van der Waals surface area contributed by atoms with Crippen molar-refractivity contribution < 1.29 is 0 Å². The molecule has 1 atom stereocenters. The lowest BCUT2D eigenvalue weighted by atomic mass is 9.96. The van der Waals surface area contributed by atoms with E-state index in [0.29, 0.717) is 0 Å². The average molecular weight is 276 g/mol. The second kappa shape index (κ2) is 5.25. The molecular formula is C15H18ClN3. The third kappa shape index (κ3) is 2.35. The Morgan fingerprint density at radius 3 is 3.11 bits per heavy atom. The van der Waals surface area contributed by atoms with Gasteiger partial charge in [0.2, 0.25) is 0 Å². The van der Waals surface area contributed by atoms with E-state index in [-0.39, 0.29) is 6.04 Å². The van der Waals surface area contributed by atoms with Crippen molar-refractivity contribution in [3.05, 3.63) is 46.7 Å². The van der Waals surface area contributed by atoms with Crippen LogP contribution in [0.5, 0.6) is 0 Å². The Bertz CT molecular complexity index is 577. The molecule has 0 saturated heterocycles.